The van der Waals surface area contributed by atoms with Crippen LogP contribution in [-0.4, -0.2) is 47.4 Å². The molecule has 2 atom stereocenters. The molecule has 3 N–H and O–H groups in total. The second kappa shape index (κ2) is 81.8. The average Bonchev–Trinajstić information content (AvgIpc) is 3.55. The van der Waals surface area contributed by atoms with Crippen LogP contribution < -0.4 is 5.32 Å². The minimum Gasteiger partial charge on any atom is -0.466 e. The first-order valence-corrected chi connectivity index (χ1v) is 42.6. The van der Waals surface area contributed by atoms with Crippen LogP contribution in [0.15, 0.2) is 24.3 Å². The van der Waals surface area contributed by atoms with Gasteiger partial charge >= 0.3 is 5.97 Å². The Morgan fingerprint density at radius 1 is 0.293 bits per heavy atom. The Hall–Kier alpha value is -1.66. The lowest BCUT2D eigenvalue weighted by molar-refractivity contribution is -0.143. The first kappa shape index (κ1) is 90.3. The number of unbranched alkanes of at least 4 members (excludes halogenated alkanes) is 66. The number of carbonyl (C=O) groups excluding carboxylic acids is 2. The third kappa shape index (κ3) is 77.3. The van der Waals surface area contributed by atoms with Crippen molar-refractivity contribution in [3.8, 4) is 0 Å². The van der Waals surface area contributed by atoms with E-state index in [4.69, 9.17) is 4.74 Å². The number of carbonyl (C=O) groups is 2. The van der Waals surface area contributed by atoms with Gasteiger partial charge < -0.3 is 20.3 Å². The molecule has 92 heavy (non-hydrogen) atoms. The molecule has 0 saturated carbocycles. The van der Waals surface area contributed by atoms with Gasteiger partial charge in [-0.2, -0.15) is 0 Å². The number of nitrogens with one attached hydrogen (secondary N) is 1. The number of hydrogen-bond donors (Lipinski definition) is 3. The molecule has 6 nitrogen and oxygen atoms in total. The molecule has 0 heterocycles. The molecule has 0 aromatic heterocycles. The van der Waals surface area contributed by atoms with Gasteiger partial charge in [0.15, 0.2) is 0 Å². The number of esters is 1. The maximum absolute atomic E-state index is 12.6. The number of ether oxygens (including phenoxy) is 1. The largest absolute Gasteiger partial charge is 0.466 e. The van der Waals surface area contributed by atoms with Crippen molar-refractivity contribution in [3.63, 3.8) is 0 Å². The Morgan fingerprint density at radius 2 is 0.511 bits per heavy atom. The molecule has 6 heteroatoms. The van der Waals surface area contributed by atoms with Crippen molar-refractivity contribution in [1.82, 2.24) is 5.32 Å². The van der Waals surface area contributed by atoms with Crippen LogP contribution in [0.1, 0.15) is 489 Å². The van der Waals surface area contributed by atoms with Crippen molar-refractivity contribution in [2.75, 3.05) is 13.2 Å². The quantitative estimate of drug-likeness (QED) is 0.0320. The summed E-state index contributed by atoms with van der Waals surface area (Å²) in [6.45, 7) is 4.99. The van der Waals surface area contributed by atoms with E-state index in [1.165, 1.54) is 411 Å². The minimum absolute atomic E-state index is 0.0132. The van der Waals surface area contributed by atoms with Crippen molar-refractivity contribution in [3.05, 3.63) is 24.3 Å². The van der Waals surface area contributed by atoms with Crippen LogP contribution in [0.3, 0.4) is 0 Å². The van der Waals surface area contributed by atoms with Crippen LogP contribution >= 0.6 is 0 Å². The molecular formula is C86H167NO5. The number of aliphatic hydroxyl groups is 2. The topological polar surface area (TPSA) is 95.9 Å². The fourth-order valence-electron chi connectivity index (χ4n) is 13.8. The lowest BCUT2D eigenvalue weighted by Gasteiger charge is -2.22. The molecule has 0 aromatic carbocycles. The van der Waals surface area contributed by atoms with Gasteiger partial charge in [-0.15, -0.1) is 0 Å². The fraction of sp³-hybridized carbons (Fsp3) is 0.930. The molecule has 546 valence electrons. The molecule has 0 fully saturated rings. The van der Waals surface area contributed by atoms with E-state index < -0.39 is 12.1 Å². The van der Waals surface area contributed by atoms with Crippen LogP contribution in [-0.2, 0) is 14.3 Å². The Morgan fingerprint density at radius 3 is 0.783 bits per heavy atom. The van der Waals surface area contributed by atoms with Crippen LogP contribution in [0, 0.1) is 0 Å². The molecule has 0 radical (unpaired) electrons. The van der Waals surface area contributed by atoms with Crippen molar-refractivity contribution < 1.29 is 24.5 Å². The maximum Gasteiger partial charge on any atom is 0.305 e. The van der Waals surface area contributed by atoms with E-state index in [1.54, 1.807) is 0 Å². The summed E-state index contributed by atoms with van der Waals surface area (Å²) in [5, 5.41) is 23.5. The molecule has 0 saturated heterocycles. The minimum atomic E-state index is -0.663. The molecule has 2 unspecified atom stereocenters. The summed E-state index contributed by atoms with van der Waals surface area (Å²) in [5.74, 6) is -0.0114. The highest BCUT2D eigenvalue weighted by Crippen LogP contribution is 2.21. The number of rotatable bonds is 81. The van der Waals surface area contributed by atoms with E-state index in [9.17, 15) is 19.8 Å². The van der Waals surface area contributed by atoms with Crippen LogP contribution in [0.5, 0.6) is 0 Å². The van der Waals surface area contributed by atoms with Crippen molar-refractivity contribution in [2.24, 2.45) is 0 Å². The highest BCUT2D eigenvalue weighted by atomic mass is 16.5. The summed E-state index contributed by atoms with van der Waals surface area (Å²) in [6.07, 6.45) is 106. The van der Waals surface area contributed by atoms with Gasteiger partial charge in [-0.1, -0.05) is 423 Å². The fourth-order valence-corrected chi connectivity index (χ4v) is 13.8. The van der Waals surface area contributed by atoms with Gasteiger partial charge in [0.1, 0.15) is 0 Å². The smallest absolute Gasteiger partial charge is 0.305 e. The molecule has 0 rings (SSSR count). The van der Waals surface area contributed by atoms with Crippen LogP contribution in [0.4, 0.5) is 0 Å². The zero-order valence-corrected chi connectivity index (χ0v) is 62.8. The van der Waals surface area contributed by atoms with E-state index in [1.807, 2.05) is 0 Å². The number of aliphatic hydroxyl groups excluding tert-OH is 2. The summed E-state index contributed by atoms with van der Waals surface area (Å²) in [4.78, 5) is 24.6. The lowest BCUT2D eigenvalue weighted by Crippen LogP contribution is -2.45. The molecule has 0 spiro atoms. The standard InChI is InChI=1S/C86H167NO5/c1-3-5-7-9-11-13-15-17-18-19-20-21-22-36-39-42-45-48-51-55-58-62-66-70-74-78-84(89)83(82-88)87-85(90)79-75-71-67-63-59-56-52-49-46-43-40-37-34-32-30-28-26-24-23-25-27-29-31-33-35-38-41-44-47-50-53-57-61-65-69-73-77-81-92-86(91)80-76-72-68-64-60-54-16-14-12-10-8-6-4-2/h14,16,23,25,83-84,88-89H,3-13,15,17-22,24,26-82H2,1-2H3,(H,87,90)/b16-14-,25-23-. The van der Waals surface area contributed by atoms with Gasteiger partial charge in [-0.05, 0) is 77.0 Å². The predicted octanol–water partition coefficient (Wildman–Crippen LogP) is 28.4. The SMILES string of the molecule is CCCCCC/C=C\CCCCCCCC(=O)OCCCCCCCCCCCCCCCCCC/C=C\CCCCCCCCCCCCCCCCCCCC(=O)NC(CO)C(O)CCCCCCCCCCCCCCCCCCCCCCCCCCC. The number of amides is 1. The first-order chi connectivity index (χ1) is 45.5. The van der Waals surface area contributed by atoms with Crippen LogP contribution in [0.25, 0.3) is 0 Å². The molecule has 0 aliphatic carbocycles. The Labute approximate surface area is 577 Å². The summed E-state index contributed by atoms with van der Waals surface area (Å²) < 4.78 is 5.49. The normalized spacial score (nSPS) is 12.5. The molecule has 0 aliphatic rings. The van der Waals surface area contributed by atoms with E-state index in [2.05, 4.69) is 43.5 Å². The summed E-state index contributed by atoms with van der Waals surface area (Å²) in [5.41, 5.74) is 0. The molecule has 0 aliphatic heterocycles. The lowest BCUT2D eigenvalue weighted by atomic mass is 10.0. The second-order valence-electron chi connectivity index (χ2n) is 29.5. The van der Waals surface area contributed by atoms with E-state index in [0.29, 0.717) is 25.9 Å². The molecule has 0 aromatic rings. The number of allylic oxidation sites excluding steroid dienone is 4. The van der Waals surface area contributed by atoms with Crippen molar-refractivity contribution >= 4 is 11.9 Å². The molecular weight excluding hydrogens is 1130 g/mol. The first-order valence-electron chi connectivity index (χ1n) is 42.6. The predicted molar refractivity (Wildman–Crippen MR) is 407 cm³/mol. The van der Waals surface area contributed by atoms with Gasteiger partial charge in [-0.25, -0.2) is 0 Å². The monoisotopic (exact) mass is 1290 g/mol. The van der Waals surface area contributed by atoms with Gasteiger partial charge in [0, 0.05) is 12.8 Å². The molecule has 0 bridgehead atoms. The number of hydrogen-bond acceptors (Lipinski definition) is 5. The Kier molecular flexibility index (Phi) is 80.3. The summed E-state index contributed by atoms with van der Waals surface area (Å²) in [7, 11) is 0. The second-order valence-corrected chi connectivity index (χ2v) is 29.5. The van der Waals surface area contributed by atoms with Gasteiger partial charge in [0.2, 0.25) is 5.91 Å². The summed E-state index contributed by atoms with van der Waals surface area (Å²) >= 11 is 0. The average molecular weight is 1300 g/mol. The third-order valence-corrected chi connectivity index (χ3v) is 20.2. The van der Waals surface area contributed by atoms with Gasteiger partial charge in [0.05, 0.1) is 25.4 Å². The Bertz CT molecular complexity index is 1450. The molecule has 1 amide bonds. The van der Waals surface area contributed by atoms with Gasteiger partial charge in [-0.3, -0.25) is 9.59 Å². The zero-order chi connectivity index (χ0) is 66.3. The zero-order valence-electron chi connectivity index (χ0n) is 62.8. The highest BCUT2D eigenvalue weighted by Gasteiger charge is 2.20. The van der Waals surface area contributed by atoms with E-state index in [0.717, 1.165) is 44.9 Å². The maximum atomic E-state index is 12.6. The van der Waals surface area contributed by atoms with E-state index in [-0.39, 0.29) is 18.5 Å². The van der Waals surface area contributed by atoms with E-state index >= 15 is 0 Å². The van der Waals surface area contributed by atoms with Gasteiger partial charge in [0.25, 0.3) is 0 Å². The summed E-state index contributed by atoms with van der Waals surface area (Å²) in [6, 6.07) is -0.540. The van der Waals surface area contributed by atoms with Crippen molar-refractivity contribution in [1.29, 1.82) is 0 Å². The van der Waals surface area contributed by atoms with Crippen molar-refractivity contribution in [2.45, 2.75) is 501 Å². The third-order valence-electron chi connectivity index (χ3n) is 20.2. The van der Waals surface area contributed by atoms with Crippen LogP contribution in [0.2, 0.25) is 0 Å². The Balaban J connectivity index is 3.34. The highest BCUT2D eigenvalue weighted by molar-refractivity contribution is 5.76.